The highest BCUT2D eigenvalue weighted by atomic mass is 79.9. The minimum Gasteiger partial charge on any atom is -0.382 e. The van der Waals surface area contributed by atoms with Crippen LogP contribution in [-0.4, -0.2) is 11.5 Å². The van der Waals surface area contributed by atoms with Crippen molar-refractivity contribution < 1.29 is 13.9 Å². The SMILES string of the molecule is O[C@@H](c1ccccc1Br)C(F)F. The van der Waals surface area contributed by atoms with Crippen LogP contribution >= 0.6 is 15.9 Å². The molecule has 0 aliphatic carbocycles. The summed E-state index contributed by atoms with van der Waals surface area (Å²) >= 11 is 3.07. The van der Waals surface area contributed by atoms with E-state index in [-0.39, 0.29) is 5.56 Å². The molecular formula is C8H7BrF2O. The van der Waals surface area contributed by atoms with Gasteiger partial charge in [0.25, 0.3) is 6.43 Å². The Balaban J connectivity index is 2.94. The first-order valence-electron chi connectivity index (χ1n) is 3.33. The summed E-state index contributed by atoms with van der Waals surface area (Å²) in [5.74, 6) is 0. The van der Waals surface area contributed by atoms with E-state index in [9.17, 15) is 8.78 Å². The summed E-state index contributed by atoms with van der Waals surface area (Å²) in [4.78, 5) is 0. The molecule has 0 spiro atoms. The zero-order chi connectivity index (χ0) is 9.14. The highest BCUT2D eigenvalue weighted by Gasteiger charge is 2.20. The molecule has 1 aromatic carbocycles. The summed E-state index contributed by atoms with van der Waals surface area (Å²) in [6, 6.07) is 6.37. The molecule has 0 amide bonds. The van der Waals surface area contributed by atoms with Gasteiger partial charge in [-0.3, -0.25) is 0 Å². The quantitative estimate of drug-likeness (QED) is 0.838. The van der Waals surface area contributed by atoms with Gasteiger partial charge in [-0.05, 0) is 6.07 Å². The van der Waals surface area contributed by atoms with E-state index in [0.717, 1.165) is 0 Å². The van der Waals surface area contributed by atoms with Gasteiger partial charge >= 0.3 is 0 Å². The molecule has 0 fully saturated rings. The van der Waals surface area contributed by atoms with E-state index in [2.05, 4.69) is 15.9 Å². The number of alkyl halides is 2. The second-order valence-electron chi connectivity index (χ2n) is 2.30. The molecule has 0 saturated heterocycles. The minimum absolute atomic E-state index is 0.215. The Morgan fingerprint density at radius 2 is 1.83 bits per heavy atom. The van der Waals surface area contributed by atoms with Gasteiger partial charge in [-0.25, -0.2) is 8.78 Å². The molecule has 0 bridgehead atoms. The Morgan fingerprint density at radius 1 is 1.25 bits per heavy atom. The topological polar surface area (TPSA) is 20.2 Å². The number of aliphatic hydroxyl groups is 1. The van der Waals surface area contributed by atoms with E-state index in [1.165, 1.54) is 6.07 Å². The predicted octanol–water partition coefficient (Wildman–Crippen LogP) is 2.75. The Hall–Kier alpha value is -0.480. The fraction of sp³-hybridized carbons (Fsp3) is 0.250. The lowest BCUT2D eigenvalue weighted by Crippen LogP contribution is -2.08. The van der Waals surface area contributed by atoms with Crippen LogP contribution in [0, 0.1) is 0 Å². The van der Waals surface area contributed by atoms with Crippen molar-refractivity contribution in [2.75, 3.05) is 0 Å². The second-order valence-corrected chi connectivity index (χ2v) is 3.16. The second kappa shape index (κ2) is 3.96. The van der Waals surface area contributed by atoms with Crippen molar-refractivity contribution in [2.24, 2.45) is 0 Å². The van der Waals surface area contributed by atoms with Gasteiger partial charge in [-0.2, -0.15) is 0 Å². The van der Waals surface area contributed by atoms with E-state index in [1.807, 2.05) is 0 Å². The van der Waals surface area contributed by atoms with Gasteiger partial charge in [0, 0.05) is 10.0 Å². The highest BCUT2D eigenvalue weighted by Crippen LogP contribution is 2.26. The number of aliphatic hydroxyl groups excluding tert-OH is 1. The highest BCUT2D eigenvalue weighted by molar-refractivity contribution is 9.10. The Morgan fingerprint density at radius 3 is 2.33 bits per heavy atom. The van der Waals surface area contributed by atoms with Crippen LogP contribution in [0.4, 0.5) is 8.78 Å². The molecule has 1 rings (SSSR count). The Labute approximate surface area is 77.2 Å². The largest absolute Gasteiger partial charge is 0.382 e. The van der Waals surface area contributed by atoms with Crippen LogP contribution in [0.2, 0.25) is 0 Å². The molecule has 0 aliphatic heterocycles. The summed E-state index contributed by atoms with van der Waals surface area (Å²) in [6.07, 6.45) is -4.45. The lowest BCUT2D eigenvalue weighted by molar-refractivity contribution is -0.00618. The lowest BCUT2D eigenvalue weighted by Gasteiger charge is -2.10. The molecule has 66 valence electrons. The summed E-state index contributed by atoms with van der Waals surface area (Å²) in [7, 11) is 0. The van der Waals surface area contributed by atoms with E-state index < -0.39 is 12.5 Å². The van der Waals surface area contributed by atoms with Crippen LogP contribution in [0.3, 0.4) is 0 Å². The maximum absolute atomic E-state index is 12.0. The van der Waals surface area contributed by atoms with E-state index in [1.54, 1.807) is 18.2 Å². The van der Waals surface area contributed by atoms with Gasteiger partial charge in [0.15, 0.2) is 0 Å². The molecule has 0 unspecified atom stereocenters. The lowest BCUT2D eigenvalue weighted by atomic mass is 10.1. The molecule has 0 aliphatic rings. The third-order valence-electron chi connectivity index (χ3n) is 1.46. The van der Waals surface area contributed by atoms with Crippen molar-refractivity contribution in [1.29, 1.82) is 0 Å². The summed E-state index contributed by atoms with van der Waals surface area (Å²) < 4.78 is 24.5. The predicted molar refractivity (Wildman–Crippen MR) is 45.1 cm³/mol. The first-order valence-corrected chi connectivity index (χ1v) is 4.13. The van der Waals surface area contributed by atoms with E-state index in [0.29, 0.717) is 4.47 Å². The number of rotatable bonds is 2. The molecule has 1 aromatic rings. The molecule has 4 heteroatoms. The van der Waals surface area contributed by atoms with Crippen molar-refractivity contribution in [3.8, 4) is 0 Å². The number of benzene rings is 1. The van der Waals surface area contributed by atoms with Crippen LogP contribution < -0.4 is 0 Å². The van der Waals surface area contributed by atoms with E-state index >= 15 is 0 Å². The van der Waals surface area contributed by atoms with Crippen molar-refractivity contribution in [3.63, 3.8) is 0 Å². The monoisotopic (exact) mass is 236 g/mol. The number of halogens is 3. The smallest absolute Gasteiger partial charge is 0.268 e. The number of hydrogen-bond acceptors (Lipinski definition) is 1. The van der Waals surface area contributed by atoms with Crippen molar-refractivity contribution in [2.45, 2.75) is 12.5 Å². The van der Waals surface area contributed by atoms with Crippen LogP contribution in [0.5, 0.6) is 0 Å². The molecule has 1 atom stereocenters. The standard InChI is InChI=1S/C8H7BrF2O/c9-6-4-2-1-3-5(6)7(12)8(10)11/h1-4,7-8,12H/t7-/m0/s1. The molecule has 1 nitrogen and oxygen atoms in total. The summed E-state index contributed by atoms with van der Waals surface area (Å²) in [6.45, 7) is 0. The maximum Gasteiger partial charge on any atom is 0.268 e. The van der Waals surface area contributed by atoms with Crippen LogP contribution in [0.15, 0.2) is 28.7 Å². The van der Waals surface area contributed by atoms with Crippen molar-refractivity contribution >= 4 is 15.9 Å². The van der Waals surface area contributed by atoms with Gasteiger partial charge in [-0.15, -0.1) is 0 Å². The minimum atomic E-state index is -2.75. The molecule has 0 aromatic heterocycles. The van der Waals surface area contributed by atoms with Gasteiger partial charge in [0.1, 0.15) is 6.10 Å². The fourth-order valence-electron chi connectivity index (χ4n) is 0.851. The summed E-state index contributed by atoms with van der Waals surface area (Å²) in [5.41, 5.74) is 0.215. The third kappa shape index (κ3) is 2.01. The molecule has 0 heterocycles. The van der Waals surface area contributed by atoms with Crippen LogP contribution in [0.25, 0.3) is 0 Å². The number of hydrogen-bond donors (Lipinski definition) is 1. The van der Waals surface area contributed by atoms with Gasteiger partial charge in [-0.1, -0.05) is 34.1 Å². The van der Waals surface area contributed by atoms with Gasteiger partial charge in [0.2, 0.25) is 0 Å². The zero-order valence-corrected chi connectivity index (χ0v) is 7.63. The molecule has 12 heavy (non-hydrogen) atoms. The Kier molecular flexibility index (Phi) is 3.17. The summed E-state index contributed by atoms with van der Waals surface area (Å²) in [5, 5.41) is 9.00. The molecule has 0 radical (unpaired) electrons. The van der Waals surface area contributed by atoms with E-state index in [4.69, 9.17) is 5.11 Å². The van der Waals surface area contributed by atoms with Crippen molar-refractivity contribution in [1.82, 2.24) is 0 Å². The molecule has 1 N–H and O–H groups in total. The third-order valence-corrected chi connectivity index (χ3v) is 2.18. The Bertz CT molecular complexity index is 265. The maximum atomic E-state index is 12.0. The zero-order valence-electron chi connectivity index (χ0n) is 6.05. The average Bonchev–Trinajstić information content (AvgIpc) is 2.04. The van der Waals surface area contributed by atoms with Crippen molar-refractivity contribution in [3.05, 3.63) is 34.3 Å². The first kappa shape index (κ1) is 9.61. The van der Waals surface area contributed by atoms with Crippen LogP contribution in [-0.2, 0) is 0 Å². The fourth-order valence-corrected chi connectivity index (χ4v) is 1.37. The van der Waals surface area contributed by atoms with Crippen LogP contribution in [0.1, 0.15) is 11.7 Å². The normalized spacial score (nSPS) is 13.4. The average molecular weight is 237 g/mol. The first-order chi connectivity index (χ1) is 5.63. The van der Waals surface area contributed by atoms with Gasteiger partial charge < -0.3 is 5.11 Å². The molecule has 0 saturated carbocycles. The molecular weight excluding hydrogens is 230 g/mol. The van der Waals surface area contributed by atoms with Gasteiger partial charge in [0.05, 0.1) is 0 Å².